The van der Waals surface area contributed by atoms with Gasteiger partial charge in [0.2, 0.25) is 0 Å². The minimum absolute atomic E-state index is 0. The van der Waals surface area contributed by atoms with Crippen LogP contribution in [-0.4, -0.2) is 86.1 Å². The Morgan fingerprint density at radius 2 is 1.33 bits per heavy atom. The average molecular weight is 374 g/mol. The van der Waals surface area contributed by atoms with Crippen LogP contribution in [0.2, 0.25) is 0 Å². The fourth-order valence-electron chi connectivity index (χ4n) is 2.57. The van der Waals surface area contributed by atoms with E-state index in [4.69, 9.17) is 10.3 Å². The van der Waals surface area contributed by atoms with E-state index < -0.39 is 54.9 Å². The van der Waals surface area contributed by atoms with Crippen LogP contribution in [0.1, 0.15) is 31.8 Å². The van der Waals surface area contributed by atoms with E-state index in [9.17, 15) is 28.2 Å². The zero-order valence-corrected chi connectivity index (χ0v) is 16.2. The van der Waals surface area contributed by atoms with Crippen molar-refractivity contribution in [3.05, 3.63) is 46.5 Å². The number of ketones is 2. The second kappa shape index (κ2) is 6.22. The predicted molar refractivity (Wildman–Crippen MR) is 83.1 cm³/mol. The van der Waals surface area contributed by atoms with Crippen molar-refractivity contribution >= 4 is 78.8 Å². The van der Waals surface area contributed by atoms with E-state index in [2.05, 4.69) is 0 Å². The molecule has 0 aromatic heterocycles. The Kier molecular flexibility index (Phi) is 4.94. The molecule has 24 heavy (non-hydrogen) atoms. The average Bonchev–Trinajstić information content (AvgIpc) is 2.47. The fourth-order valence-corrected chi connectivity index (χ4v) is 3.27. The molecular formula is C14H9KNO7S. The van der Waals surface area contributed by atoms with E-state index >= 15 is 0 Å². The number of hydrogen-bond acceptors (Lipinski definition) is 7. The number of benzene rings is 2. The standard InChI is InChI=1S/C14H9NO7S.K/c15-9-7-8(12(18)14(13(9)19)23(20,21)22)11(17)6-4-2-1-3-5(6)10(7)16;/h1-4,18-19H,15H2,(H,20,21,22);. The van der Waals surface area contributed by atoms with Gasteiger partial charge in [0.25, 0.3) is 0 Å². The van der Waals surface area contributed by atoms with Crippen molar-refractivity contribution < 1.29 is 32.8 Å². The maximum atomic E-state index is 12.5. The number of nitrogens with two attached hydrogens (primary N) is 1. The molecule has 5 N–H and O–H groups in total. The molecule has 0 unspecified atom stereocenters. The van der Waals surface area contributed by atoms with Gasteiger partial charge in [-0.25, -0.2) is 0 Å². The number of aromatic hydroxyl groups is 2. The number of carbonyl (C=O) groups is 2. The summed E-state index contributed by atoms with van der Waals surface area (Å²) in [6.45, 7) is 0. The van der Waals surface area contributed by atoms with Crippen LogP contribution < -0.4 is 5.73 Å². The number of fused-ring (bicyclic) bond motifs is 2. The Bertz CT molecular complexity index is 1010. The third kappa shape index (κ3) is 2.60. The smallest absolute Gasteiger partial charge is 0.302 e. The van der Waals surface area contributed by atoms with Crippen molar-refractivity contribution in [2.75, 3.05) is 5.73 Å². The SMILES string of the molecule is Nc1c(O)c(S(=O)(=O)O)c(O)c2c1C(=O)c1ccccc1C2=O.[K]. The maximum Gasteiger partial charge on any atom is 0.302 e. The summed E-state index contributed by atoms with van der Waals surface area (Å²) >= 11 is 0. The first kappa shape index (κ1) is 19.1. The molecule has 119 valence electrons. The van der Waals surface area contributed by atoms with Crippen LogP contribution in [0.3, 0.4) is 0 Å². The van der Waals surface area contributed by atoms with Crippen molar-refractivity contribution in [1.29, 1.82) is 0 Å². The molecule has 3 rings (SSSR count). The van der Waals surface area contributed by atoms with Gasteiger partial charge in [0.15, 0.2) is 28.0 Å². The van der Waals surface area contributed by atoms with Crippen LogP contribution in [0.4, 0.5) is 5.69 Å². The summed E-state index contributed by atoms with van der Waals surface area (Å²) in [7, 11) is -5.08. The summed E-state index contributed by atoms with van der Waals surface area (Å²) in [6, 6.07) is 5.69. The topological polar surface area (TPSA) is 155 Å². The van der Waals surface area contributed by atoms with E-state index in [1.165, 1.54) is 24.3 Å². The van der Waals surface area contributed by atoms with Gasteiger partial charge in [-0.05, 0) is 0 Å². The molecule has 2 aromatic carbocycles. The number of phenolic OH excluding ortho intramolecular Hbond substituents is 2. The number of rotatable bonds is 1. The summed E-state index contributed by atoms with van der Waals surface area (Å²) < 4.78 is 31.8. The zero-order valence-electron chi connectivity index (χ0n) is 12.3. The number of nitrogen functional groups attached to an aromatic ring is 1. The zero-order chi connectivity index (χ0) is 17.1. The van der Waals surface area contributed by atoms with Crippen LogP contribution in [0.25, 0.3) is 0 Å². The van der Waals surface area contributed by atoms with E-state index in [-0.39, 0.29) is 62.5 Å². The quantitative estimate of drug-likeness (QED) is 0.156. The summed E-state index contributed by atoms with van der Waals surface area (Å²) in [5.74, 6) is -4.00. The van der Waals surface area contributed by atoms with Gasteiger partial charge in [-0.1, -0.05) is 24.3 Å². The van der Waals surface area contributed by atoms with Gasteiger partial charge in [-0.2, -0.15) is 8.42 Å². The Hall–Kier alpha value is -1.27. The van der Waals surface area contributed by atoms with Crippen LogP contribution in [0, 0.1) is 0 Å². The molecule has 0 bridgehead atoms. The Balaban J connectivity index is 0.00000208. The van der Waals surface area contributed by atoms with Gasteiger partial charge < -0.3 is 15.9 Å². The van der Waals surface area contributed by atoms with Gasteiger partial charge in [0.1, 0.15) is 0 Å². The van der Waals surface area contributed by atoms with Crippen LogP contribution in [-0.2, 0) is 10.1 Å². The van der Waals surface area contributed by atoms with Gasteiger partial charge in [0, 0.05) is 62.5 Å². The molecule has 1 radical (unpaired) electrons. The first-order valence-electron chi connectivity index (χ1n) is 6.19. The number of carbonyl (C=O) groups excluding carboxylic acids is 2. The maximum absolute atomic E-state index is 12.5. The Morgan fingerprint density at radius 1 is 0.875 bits per heavy atom. The van der Waals surface area contributed by atoms with Crippen LogP contribution in [0.5, 0.6) is 11.5 Å². The third-order valence-electron chi connectivity index (χ3n) is 3.57. The van der Waals surface area contributed by atoms with Gasteiger partial charge in [-0.3, -0.25) is 14.1 Å². The van der Waals surface area contributed by atoms with Crippen molar-refractivity contribution in [3.8, 4) is 11.5 Å². The van der Waals surface area contributed by atoms with Gasteiger partial charge in [0.05, 0.1) is 16.8 Å². The van der Waals surface area contributed by atoms with Crippen molar-refractivity contribution in [2.24, 2.45) is 0 Å². The summed E-state index contributed by atoms with van der Waals surface area (Å²) in [4.78, 5) is 23.7. The Labute approximate surface area is 178 Å². The molecule has 1 aliphatic carbocycles. The van der Waals surface area contributed by atoms with Crippen LogP contribution >= 0.6 is 0 Å². The molecule has 0 saturated heterocycles. The monoisotopic (exact) mass is 374 g/mol. The molecule has 1 aliphatic rings. The minimum Gasteiger partial charge on any atom is -0.506 e. The molecule has 0 fully saturated rings. The first-order valence-corrected chi connectivity index (χ1v) is 7.63. The van der Waals surface area contributed by atoms with E-state index in [1.54, 1.807) is 0 Å². The largest absolute Gasteiger partial charge is 0.506 e. The predicted octanol–water partition coefficient (Wildman–Crippen LogP) is 0.321. The number of anilines is 1. The molecular weight excluding hydrogens is 365 g/mol. The molecule has 2 aromatic rings. The number of hydrogen-bond donors (Lipinski definition) is 4. The second-order valence-electron chi connectivity index (χ2n) is 4.87. The molecule has 0 amide bonds. The van der Waals surface area contributed by atoms with E-state index in [0.29, 0.717) is 0 Å². The normalized spacial score (nSPS) is 13.0. The van der Waals surface area contributed by atoms with Gasteiger partial charge >= 0.3 is 10.1 Å². The fraction of sp³-hybridized carbons (Fsp3) is 0. The molecule has 0 heterocycles. The van der Waals surface area contributed by atoms with E-state index in [0.717, 1.165) is 0 Å². The van der Waals surface area contributed by atoms with E-state index in [1.807, 2.05) is 0 Å². The van der Waals surface area contributed by atoms with Crippen molar-refractivity contribution in [3.63, 3.8) is 0 Å². The second-order valence-corrected chi connectivity index (χ2v) is 6.23. The first-order chi connectivity index (χ1) is 10.7. The molecule has 0 atom stereocenters. The van der Waals surface area contributed by atoms with Crippen molar-refractivity contribution in [2.45, 2.75) is 4.90 Å². The summed E-state index contributed by atoms with van der Waals surface area (Å²) in [6.07, 6.45) is 0. The molecule has 0 saturated carbocycles. The molecule has 10 heteroatoms. The third-order valence-corrected chi connectivity index (χ3v) is 4.47. The summed E-state index contributed by atoms with van der Waals surface area (Å²) in [5.41, 5.74) is 3.65. The van der Waals surface area contributed by atoms with Crippen molar-refractivity contribution in [1.82, 2.24) is 0 Å². The number of phenols is 2. The minimum atomic E-state index is -5.08. The molecule has 8 nitrogen and oxygen atoms in total. The summed E-state index contributed by atoms with van der Waals surface area (Å²) in [5, 5.41) is 19.9. The van der Waals surface area contributed by atoms with Crippen LogP contribution in [0.15, 0.2) is 29.2 Å². The van der Waals surface area contributed by atoms with Gasteiger partial charge in [-0.15, -0.1) is 0 Å². The Morgan fingerprint density at radius 3 is 1.79 bits per heavy atom. The molecule has 0 spiro atoms. The molecule has 0 aliphatic heterocycles.